The summed E-state index contributed by atoms with van der Waals surface area (Å²) in [6.07, 6.45) is 0. The summed E-state index contributed by atoms with van der Waals surface area (Å²) in [7, 11) is 0. The first-order chi connectivity index (χ1) is 8.38. The number of hydrogen-bond donors (Lipinski definition) is 4. The van der Waals surface area contributed by atoms with E-state index in [0.29, 0.717) is 0 Å². The molecule has 1 amide bonds. The third kappa shape index (κ3) is 4.63. The molecule has 100 valence electrons. The Morgan fingerprint density at radius 3 is 2.22 bits per heavy atom. The van der Waals surface area contributed by atoms with Gasteiger partial charge in [-0.15, -0.1) is 0 Å². The first kappa shape index (κ1) is 14.3. The second-order valence-corrected chi connectivity index (χ2v) is 4.61. The van der Waals surface area contributed by atoms with Crippen LogP contribution in [0.1, 0.15) is 32.4 Å². The van der Waals surface area contributed by atoms with Crippen LogP contribution in [-0.2, 0) is 4.79 Å². The lowest BCUT2D eigenvalue weighted by atomic mass is 10.1. The minimum absolute atomic E-state index is 0.00489. The van der Waals surface area contributed by atoms with E-state index in [2.05, 4.69) is 10.6 Å². The SMILES string of the molecule is CC(C)NC(=O)CNC(C)c1cc(O)cc(O)c1. The van der Waals surface area contributed by atoms with Crippen LogP contribution in [0.3, 0.4) is 0 Å². The van der Waals surface area contributed by atoms with E-state index in [0.717, 1.165) is 5.56 Å². The van der Waals surface area contributed by atoms with Gasteiger partial charge in [0.25, 0.3) is 0 Å². The maximum Gasteiger partial charge on any atom is 0.234 e. The van der Waals surface area contributed by atoms with Gasteiger partial charge in [-0.05, 0) is 38.5 Å². The van der Waals surface area contributed by atoms with Crippen molar-refractivity contribution < 1.29 is 15.0 Å². The van der Waals surface area contributed by atoms with Crippen LogP contribution in [0.4, 0.5) is 0 Å². The number of aromatic hydroxyl groups is 2. The summed E-state index contributed by atoms with van der Waals surface area (Å²) >= 11 is 0. The van der Waals surface area contributed by atoms with Gasteiger partial charge in [-0.3, -0.25) is 4.79 Å². The summed E-state index contributed by atoms with van der Waals surface area (Å²) in [6.45, 7) is 5.84. The molecule has 1 aromatic rings. The zero-order valence-electron chi connectivity index (χ0n) is 10.9. The van der Waals surface area contributed by atoms with Gasteiger partial charge in [0.1, 0.15) is 11.5 Å². The van der Waals surface area contributed by atoms with E-state index < -0.39 is 0 Å². The highest BCUT2D eigenvalue weighted by Gasteiger charge is 2.10. The average molecular weight is 252 g/mol. The lowest BCUT2D eigenvalue weighted by molar-refractivity contribution is -0.120. The number of hydrogen-bond acceptors (Lipinski definition) is 4. The largest absolute Gasteiger partial charge is 0.508 e. The molecule has 0 aliphatic carbocycles. The van der Waals surface area contributed by atoms with Gasteiger partial charge in [-0.1, -0.05) is 0 Å². The van der Waals surface area contributed by atoms with Crippen molar-refractivity contribution in [3.8, 4) is 11.5 Å². The van der Waals surface area contributed by atoms with Crippen molar-refractivity contribution in [2.24, 2.45) is 0 Å². The fourth-order valence-corrected chi connectivity index (χ4v) is 1.60. The first-order valence-electron chi connectivity index (χ1n) is 5.94. The second-order valence-electron chi connectivity index (χ2n) is 4.61. The van der Waals surface area contributed by atoms with Crippen molar-refractivity contribution in [2.75, 3.05) is 6.54 Å². The molecule has 4 N–H and O–H groups in total. The molecule has 18 heavy (non-hydrogen) atoms. The summed E-state index contributed by atoms with van der Waals surface area (Å²) in [5.41, 5.74) is 0.727. The summed E-state index contributed by atoms with van der Waals surface area (Å²) in [5, 5.41) is 24.5. The molecule has 1 unspecified atom stereocenters. The van der Waals surface area contributed by atoms with Gasteiger partial charge in [-0.25, -0.2) is 0 Å². The molecule has 0 spiro atoms. The van der Waals surface area contributed by atoms with Crippen LogP contribution < -0.4 is 10.6 Å². The zero-order chi connectivity index (χ0) is 13.7. The van der Waals surface area contributed by atoms with Gasteiger partial charge < -0.3 is 20.8 Å². The number of nitrogens with one attached hydrogen (secondary N) is 2. The van der Waals surface area contributed by atoms with Gasteiger partial charge in [0.05, 0.1) is 6.54 Å². The monoisotopic (exact) mass is 252 g/mol. The summed E-state index contributed by atoms with van der Waals surface area (Å²) in [4.78, 5) is 11.5. The Morgan fingerprint density at radius 2 is 1.72 bits per heavy atom. The summed E-state index contributed by atoms with van der Waals surface area (Å²) in [5.74, 6) is -0.0724. The Balaban J connectivity index is 2.54. The minimum atomic E-state index is -0.138. The van der Waals surface area contributed by atoms with E-state index in [-0.39, 0.29) is 36.0 Å². The fraction of sp³-hybridized carbons (Fsp3) is 0.462. The molecule has 1 aromatic carbocycles. The van der Waals surface area contributed by atoms with Crippen LogP contribution >= 0.6 is 0 Å². The van der Waals surface area contributed by atoms with Crippen molar-refractivity contribution in [3.05, 3.63) is 23.8 Å². The predicted octanol–water partition coefficient (Wildman–Crippen LogP) is 1.27. The lowest BCUT2D eigenvalue weighted by Crippen LogP contribution is -2.38. The third-order valence-corrected chi connectivity index (χ3v) is 2.44. The quantitative estimate of drug-likeness (QED) is 0.636. The fourth-order valence-electron chi connectivity index (χ4n) is 1.60. The number of benzene rings is 1. The van der Waals surface area contributed by atoms with Crippen LogP contribution in [0.5, 0.6) is 11.5 Å². The van der Waals surface area contributed by atoms with E-state index >= 15 is 0 Å². The zero-order valence-corrected chi connectivity index (χ0v) is 10.9. The predicted molar refractivity (Wildman–Crippen MR) is 69.5 cm³/mol. The molecule has 0 aromatic heterocycles. The van der Waals surface area contributed by atoms with Crippen LogP contribution in [-0.4, -0.2) is 28.7 Å². The van der Waals surface area contributed by atoms with E-state index in [9.17, 15) is 15.0 Å². The number of carbonyl (C=O) groups excluding carboxylic acids is 1. The molecule has 1 rings (SSSR count). The second kappa shape index (κ2) is 6.26. The standard InChI is InChI=1S/C13H20N2O3/c1-8(2)15-13(18)7-14-9(3)10-4-11(16)6-12(17)5-10/h4-6,8-9,14,16-17H,7H2,1-3H3,(H,15,18). The normalized spacial score (nSPS) is 12.4. The van der Waals surface area contributed by atoms with Crippen LogP contribution in [0.15, 0.2) is 18.2 Å². The number of phenols is 2. The molecule has 0 aliphatic heterocycles. The lowest BCUT2D eigenvalue weighted by Gasteiger charge is -2.15. The van der Waals surface area contributed by atoms with E-state index in [1.54, 1.807) is 12.1 Å². The summed E-state index contributed by atoms with van der Waals surface area (Å²) < 4.78 is 0. The van der Waals surface area contributed by atoms with E-state index in [1.165, 1.54) is 6.07 Å². The van der Waals surface area contributed by atoms with Gasteiger partial charge in [0.2, 0.25) is 5.91 Å². The first-order valence-corrected chi connectivity index (χ1v) is 5.94. The highest BCUT2D eigenvalue weighted by Crippen LogP contribution is 2.24. The van der Waals surface area contributed by atoms with Gasteiger partial charge in [0.15, 0.2) is 0 Å². The molecule has 0 saturated heterocycles. The highest BCUT2D eigenvalue weighted by atomic mass is 16.3. The van der Waals surface area contributed by atoms with Crippen molar-refractivity contribution in [1.29, 1.82) is 0 Å². The number of phenolic OH excluding ortho intramolecular Hbond substituents is 2. The number of rotatable bonds is 5. The Hall–Kier alpha value is -1.75. The molecule has 0 bridgehead atoms. The maximum atomic E-state index is 11.5. The van der Waals surface area contributed by atoms with Gasteiger partial charge >= 0.3 is 0 Å². The summed E-state index contributed by atoms with van der Waals surface area (Å²) in [6, 6.07) is 4.34. The topological polar surface area (TPSA) is 81.6 Å². The molecule has 0 saturated carbocycles. The average Bonchev–Trinajstić information content (AvgIpc) is 2.23. The van der Waals surface area contributed by atoms with Crippen molar-refractivity contribution in [1.82, 2.24) is 10.6 Å². The van der Waals surface area contributed by atoms with Crippen LogP contribution in [0, 0.1) is 0 Å². The van der Waals surface area contributed by atoms with Crippen LogP contribution in [0.25, 0.3) is 0 Å². The number of carbonyl (C=O) groups is 1. The Labute approximate surface area is 107 Å². The molecule has 0 aliphatic rings. The molecular weight excluding hydrogens is 232 g/mol. The van der Waals surface area contributed by atoms with Crippen LogP contribution in [0.2, 0.25) is 0 Å². The van der Waals surface area contributed by atoms with Crippen molar-refractivity contribution in [3.63, 3.8) is 0 Å². The maximum absolute atomic E-state index is 11.5. The molecular formula is C13H20N2O3. The Kier molecular flexibility index (Phi) is 4.97. The highest BCUT2D eigenvalue weighted by molar-refractivity contribution is 5.78. The third-order valence-electron chi connectivity index (χ3n) is 2.44. The molecule has 0 heterocycles. The Morgan fingerprint density at radius 1 is 1.17 bits per heavy atom. The van der Waals surface area contributed by atoms with E-state index in [4.69, 9.17) is 0 Å². The Bertz CT molecular complexity index is 398. The van der Waals surface area contributed by atoms with Gasteiger partial charge in [0, 0.05) is 18.2 Å². The van der Waals surface area contributed by atoms with E-state index in [1.807, 2.05) is 20.8 Å². The molecule has 5 heteroatoms. The van der Waals surface area contributed by atoms with Crippen molar-refractivity contribution >= 4 is 5.91 Å². The minimum Gasteiger partial charge on any atom is -0.508 e. The van der Waals surface area contributed by atoms with Gasteiger partial charge in [-0.2, -0.15) is 0 Å². The molecule has 0 fully saturated rings. The number of amides is 1. The molecule has 1 atom stereocenters. The molecule has 0 radical (unpaired) electrons. The van der Waals surface area contributed by atoms with Crippen molar-refractivity contribution in [2.45, 2.75) is 32.9 Å². The molecule has 5 nitrogen and oxygen atoms in total. The smallest absolute Gasteiger partial charge is 0.234 e.